The van der Waals surface area contributed by atoms with Gasteiger partial charge in [0.05, 0.1) is 0 Å². The summed E-state index contributed by atoms with van der Waals surface area (Å²) < 4.78 is 5.59. The van der Waals surface area contributed by atoms with Gasteiger partial charge < -0.3 is 0 Å². The SMILES string of the molecule is CCC1C=C(C2=CC3=C(CC2)CCC(O)C3C2CB=C(C3CCOCC3)CC2)CCC1CC. The van der Waals surface area contributed by atoms with Crippen molar-refractivity contribution in [3.63, 3.8) is 0 Å². The number of ether oxygens (including phenoxy) is 1. The van der Waals surface area contributed by atoms with Crippen molar-refractivity contribution in [2.24, 2.45) is 29.6 Å². The molecular formula is C30H45BO2. The molecule has 0 aromatic rings. The second-order valence-corrected chi connectivity index (χ2v) is 11.5. The Hall–Kier alpha value is -0.925. The molecule has 2 nitrogen and oxygen atoms in total. The summed E-state index contributed by atoms with van der Waals surface area (Å²) in [5.74, 6) is 3.35. The van der Waals surface area contributed by atoms with E-state index in [1.54, 1.807) is 27.8 Å². The third-order valence-corrected chi connectivity index (χ3v) is 9.90. The molecule has 2 heterocycles. The van der Waals surface area contributed by atoms with Gasteiger partial charge in [0, 0.05) is 0 Å². The van der Waals surface area contributed by atoms with E-state index < -0.39 is 0 Å². The first kappa shape index (κ1) is 23.8. The third-order valence-electron chi connectivity index (χ3n) is 9.90. The maximum atomic E-state index is 11.2. The van der Waals surface area contributed by atoms with E-state index in [9.17, 15) is 5.11 Å². The van der Waals surface area contributed by atoms with Crippen LogP contribution in [0.4, 0.5) is 0 Å². The minimum atomic E-state index is -0.157. The zero-order valence-corrected chi connectivity index (χ0v) is 21.2. The summed E-state index contributed by atoms with van der Waals surface area (Å²) in [5, 5.41) is 11.2. The summed E-state index contributed by atoms with van der Waals surface area (Å²) in [6.45, 7) is 9.17. The molecule has 0 aromatic carbocycles. The topological polar surface area (TPSA) is 29.5 Å². The van der Waals surface area contributed by atoms with Crippen LogP contribution in [0.25, 0.3) is 0 Å². The summed E-state index contributed by atoms with van der Waals surface area (Å²) in [5.41, 5.74) is 8.16. The predicted octanol–water partition coefficient (Wildman–Crippen LogP) is 6.68. The van der Waals surface area contributed by atoms with Crippen molar-refractivity contribution in [2.45, 2.75) is 103 Å². The minimum absolute atomic E-state index is 0.157. The molecule has 1 fully saturated rings. The quantitative estimate of drug-likeness (QED) is 0.476. The molecule has 0 aromatic heterocycles. The van der Waals surface area contributed by atoms with Crippen LogP contribution in [0.3, 0.4) is 0 Å². The molecule has 0 amide bonds. The molecule has 180 valence electrons. The number of aliphatic hydroxyl groups is 1. The summed E-state index contributed by atoms with van der Waals surface area (Å²) in [6.07, 6.45) is 20.9. The van der Waals surface area contributed by atoms with Gasteiger partial charge in [0.2, 0.25) is 0 Å². The zero-order valence-electron chi connectivity index (χ0n) is 21.2. The van der Waals surface area contributed by atoms with Gasteiger partial charge in [-0.1, -0.05) is 0 Å². The molecule has 5 rings (SSSR count). The van der Waals surface area contributed by atoms with Gasteiger partial charge in [-0.25, -0.2) is 0 Å². The molecule has 1 saturated heterocycles. The Labute approximate surface area is 202 Å². The number of hydrogen-bond acceptors (Lipinski definition) is 2. The van der Waals surface area contributed by atoms with Crippen molar-refractivity contribution in [2.75, 3.05) is 13.2 Å². The standard InChI is InChI=1S/C30H45BO2/c1-3-20-5-7-24(17-21(20)4-2)25-8-6-22-10-12-29(32)30(27(22)18-25)26-9-11-28(31-19-26)23-13-15-33-16-14-23/h17-18,20-21,23,26,29-30,32H,3-16,19H2,1-2H3. The second-order valence-electron chi connectivity index (χ2n) is 11.5. The van der Waals surface area contributed by atoms with Crippen LogP contribution in [-0.4, -0.2) is 36.8 Å². The molecule has 33 heavy (non-hydrogen) atoms. The van der Waals surface area contributed by atoms with Gasteiger partial charge >= 0.3 is 203 Å². The Balaban J connectivity index is 1.35. The van der Waals surface area contributed by atoms with Crippen molar-refractivity contribution in [1.82, 2.24) is 0 Å². The van der Waals surface area contributed by atoms with E-state index in [0.717, 1.165) is 50.1 Å². The van der Waals surface area contributed by atoms with Gasteiger partial charge in [0.1, 0.15) is 0 Å². The third kappa shape index (κ3) is 5.06. The Morgan fingerprint density at radius 3 is 2.48 bits per heavy atom. The summed E-state index contributed by atoms with van der Waals surface area (Å²) in [4.78, 5) is 0. The van der Waals surface area contributed by atoms with E-state index in [1.807, 2.05) is 0 Å². The Morgan fingerprint density at radius 1 is 0.909 bits per heavy atom. The maximum absolute atomic E-state index is 11.2. The van der Waals surface area contributed by atoms with E-state index in [2.05, 4.69) is 32.9 Å². The summed E-state index contributed by atoms with van der Waals surface area (Å²) in [7, 11) is 0. The van der Waals surface area contributed by atoms with Crippen LogP contribution in [0.15, 0.2) is 34.4 Å². The fourth-order valence-corrected chi connectivity index (χ4v) is 7.82. The molecule has 3 aliphatic carbocycles. The van der Waals surface area contributed by atoms with Crippen LogP contribution in [-0.2, 0) is 4.74 Å². The zero-order chi connectivity index (χ0) is 22.8. The van der Waals surface area contributed by atoms with Crippen molar-refractivity contribution in [3.05, 3.63) is 34.4 Å². The van der Waals surface area contributed by atoms with Crippen LogP contribution >= 0.6 is 0 Å². The van der Waals surface area contributed by atoms with E-state index in [4.69, 9.17) is 4.74 Å². The number of rotatable bonds is 5. The molecule has 5 unspecified atom stereocenters. The molecule has 1 N–H and O–H groups in total. The molecule has 5 aliphatic rings. The summed E-state index contributed by atoms with van der Waals surface area (Å²) in [6, 6.07) is 0. The first-order chi connectivity index (χ1) is 16.2. The Bertz CT molecular complexity index is 828. The summed E-state index contributed by atoms with van der Waals surface area (Å²) >= 11 is 0. The Kier molecular flexibility index (Phi) is 7.77. The number of aliphatic hydroxyl groups excluding tert-OH is 1. The van der Waals surface area contributed by atoms with E-state index in [-0.39, 0.29) is 6.10 Å². The van der Waals surface area contributed by atoms with Crippen molar-refractivity contribution < 1.29 is 9.84 Å². The van der Waals surface area contributed by atoms with Crippen LogP contribution < -0.4 is 0 Å². The normalized spacial score (nSPS) is 35.8. The van der Waals surface area contributed by atoms with E-state index >= 15 is 0 Å². The molecule has 5 atom stereocenters. The molecular weight excluding hydrogens is 403 g/mol. The average Bonchev–Trinajstić information content (AvgIpc) is 2.88. The Morgan fingerprint density at radius 2 is 1.76 bits per heavy atom. The first-order valence-corrected chi connectivity index (χ1v) is 14.3. The molecule has 2 aliphatic heterocycles. The van der Waals surface area contributed by atoms with Crippen LogP contribution in [0.2, 0.25) is 6.32 Å². The first-order valence-electron chi connectivity index (χ1n) is 14.3. The van der Waals surface area contributed by atoms with Gasteiger partial charge in [-0.05, 0) is 0 Å². The average molecular weight is 449 g/mol. The fourth-order valence-electron chi connectivity index (χ4n) is 7.82. The second kappa shape index (κ2) is 10.8. The van der Waals surface area contributed by atoms with Gasteiger partial charge in [-0.3, -0.25) is 0 Å². The molecule has 0 spiro atoms. The molecule has 0 bridgehead atoms. The molecule has 0 radical (unpaired) electrons. The predicted molar refractivity (Wildman–Crippen MR) is 140 cm³/mol. The monoisotopic (exact) mass is 448 g/mol. The van der Waals surface area contributed by atoms with Gasteiger partial charge in [0.15, 0.2) is 0 Å². The van der Waals surface area contributed by atoms with Gasteiger partial charge in [-0.2, -0.15) is 0 Å². The fraction of sp³-hybridized carbons (Fsp3) is 0.767. The van der Waals surface area contributed by atoms with Gasteiger partial charge in [0.25, 0.3) is 0 Å². The van der Waals surface area contributed by atoms with Crippen molar-refractivity contribution in [1.29, 1.82) is 0 Å². The van der Waals surface area contributed by atoms with E-state index in [1.165, 1.54) is 64.2 Å². The van der Waals surface area contributed by atoms with Crippen LogP contribution in [0.5, 0.6) is 0 Å². The number of hydrogen-bond donors (Lipinski definition) is 1. The number of allylic oxidation sites excluding steroid dienone is 5. The molecule has 3 heteroatoms. The van der Waals surface area contributed by atoms with Crippen molar-refractivity contribution in [3.8, 4) is 0 Å². The van der Waals surface area contributed by atoms with Gasteiger partial charge in [-0.15, -0.1) is 0 Å². The van der Waals surface area contributed by atoms with Crippen LogP contribution in [0, 0.1) is 29.6 Å². The van der Waals surface area contributed by atoms with Crippen molar-refractivity contribution >= 4 is 12.4 Å². The van der Waals surface area contributed by atoms with Crippen LogP contribution in [0.1, 0.15) is 90.9 Å². The molecule has 0 saturated carbocycles. The van der Waals surface area contributed by atoms with E-state index in [0.29, 0.717) is 11.8 Å².